The summed E-state index contributed by atoms with van der Waals surface area (Å²) in [5.41, 5.74) is 2.43. The van der Waals surface area contributed by atoms with Gasteiger partial charge in [0.2, 0.25) is 0 Å². The maximum Gasteiger partial charge on any atom is 0.343 e. The first-order valence-electron chi connectivity index (χ1n) is 12.1. The monoisotopic (exact) mass is 458 g/mol. The van der Waals surface area contributed by atoms with Crippen molar-refractivity contribution in [3.05, 3.63) is 91.0 Å². The minimum atomic E-state index is -0.406. The molecule has 0 aliphatic rings. The number of phenolic OH excluding ortho intramolecular Hbond substituents is 1. The van der Waals surface area contributed by atoms with E-state index in [1.54, 1.807) is 36.4 Å². The lowest BCUT2D eigenvalue weighted by Gasteiger charge is -2.08. The van der Waals surface area contributed by atoms with Gasteiger partial charge in [-0.25, -0.2) is 4.79 Å². The number of carbonyl (C=O) groups is 1. The largest absolute Gasteiger partial charge is 0.508 e. The van der Waals surface area contributed by atoms with Crippen LogP contribution in [0.3, 0.4) is 0 Å². The predicted molar refractivity (Wildman–Crippen MR) is 138 cm³/mol. The minimum Gasteiger partial charge on any atom is -0.508 e. The van der Waals surface area contributed by atoms with Crippen molar-refractivity contribution in [2.75, 3.05) is 6.61 Å². The second kappa shape index (κ2) is 13.9. The van der Waals surface area contributed by atoms with Crippen molar-refractivity contribution < 1.29 is 19.4 Å². The number of hydrogen-bond acceptors (Lipinski definition) is 4. The zero-order valence-electron chi connectivity index (χ0n) is 19.7. The summed E-state index contributed by atoms with van der Waals surface area (Å²) in [6, 6.07) is 21.3. The van der Waals surface area contributed by atoms with Crippen molar-refractivity contribution in [2.45, 2.75) is 51.4 Å². The molecule has 3 aromatic rings. The van der Waals surface area contributed by atoms with Crippen molar-refractivity contribution in [3.8, 4) is 28.4 Å². The van der Waals surface area contributed by atoms with Gasteiger partial charge in [0, 0.05) is 0 Å². The average molecular weight is 459 g/mol. The van der Waals surface area contributed by atoms with Crippen molar-refractivity contribution in [2.24, 2.45) is 0 Å². The summed E-state index contributed by atoms with van der Waals surface area (Å²) in [4.78, 5) is 12.5. The van der Waals surface area contributed by atoms with E-state index in [0.717, 1.165) is 29.7 Å². The SMILES string of the molecule is C=CCCCCCCCCCOc1ccc(C(=O)Oc2ccc(-c3ccc(O)cc3)cc2)cc1. The van der Waals surface area contributed by atoms with Gasteiger partial charge in [-0.05, 0) is 78.9 Å². The standard InChI is InChI=1S/C30H34O4/c1-2-3-4-5-6-7-8-9-10-23-33-28-19-15-26(16-20-28)30(32)34-29-21-13-25(14-22-29)24-11-17-27(31)18-12-24/h2,11-22,31H,1,3-10,23H2. The number of aromatic hydroxyl groups is 1. The van der Waals surface area contributed by atoms with E-state index in [4.69, 9.17) is 9.47 Å². The quantitative estimate of drug-likeness (QED) is 0.115. The molecule has 0 amide bonds. The van der Waals surface area contributed by atoms with Crippen LogP contribution < -0.4 is 9.47 Å². The maximum atomic E-state index is 12.5. The van der Waals surface area contributed by atoms with Gasteiger partial charge in [-0.3, -0.25) is 0 Å². The fourth-order valence-electron chi connectivity index (χ4n) is 3.69. The molecule has 0 saturated heterocycles. The molecule has 4 heteroatoms. The number of unbranched alkanes of at least 4 members (excludes halogenated alkanes) is 7. The van der Waals surface area contributed by atoms with Gasteiger partial charge in [0.1, 0.15) is 17.2 Å². The fourth-order valence-corrected chi connectivity index (χ4v) is 3.69. The van der Waals surface area contributed by atoms with Crippen LogP contribution >= 0.6 is 0 Å². The number of carbonyl (C=O) groups excluding carboxylic acids is 1. The Morgan fingerprint density at radius 1 is 0.706 bits per heavy atom. The Balaban J connectivity index is 1.37. The third-order valence-corrected chi connectivity index (χ3v) is 5.68. The molecule has 0 radical (unpaired) electrons. The summed E-state index contributed by atoms with van der Waals surface area (Å²) < 4.78 is 11.3. The summed E-state index contributed by atoms with van der Waals surface area (Å²) in [7, 11) is 0. The average Bonchev–Trinajstić information content (AvgIpc) is 2.86. The molecule has 1 N–H and O–H groups in total. The minimum absolute atomic E-state index is 0.228. The lowest BCUT2D eigenvalue weighted by molar-refractivity contribution is 0.0734. The van der Waals surface area contributed by atoms with E-state index in [1.807, 2.05) is 42.5 Å². The molecule has 0 bridgehead atoms. The highest BCUT2D eigenvalue weighted by atomic mass is 16.5. The first-order chi connectivity index (χ1) is 16.7. The Hall–Kier alpha value is -3.53. The van der Waals surface area contributed by atoms with E-state index >= 15 is 0 Å². The molecular weight excluding hydrogens is 424 g/mol. The second-order valence-corrected chi connectivity index (χ2v) is 8.39. The number of hydrogen-bond donors (Lipinski definition) is 1. The molecule has 0 aromatic heterocycles. The topological polar surface area (TPSA) is 55.8 Å². The van der Waals surface area contributed by atoms with Crippen LogP contribution in [0.15, 0.2) is 85.5 Å². The molecule has 178 valence electrons. The molecule has 3 rings (SSSR count). The molecule has 4 nitrogen and oxygen atoms in total. The van der Waals surface area contributed by atoms with E-state index in [0.29, 0.717) is 17.9 Å². The summed E-state index contributed by atoms with van der Waals surface area (Å²) in [5.74, 6) is 1.07. The Labute approximate surface area is 202 Å². The van der Waals surface area contributed by atoms with Crippen LogP contribution in [0.1, 0.15) is 61.7 Å². The summed E-state index contributed by atoms with van der Waals surface area (Å²) >= 11 is 0. The smallest absolute Gasteiger partial charge is 0.343 e. The number of ether oxygens (including phenoxy) is 2. The summed E-state index contributed by atoms with van der Waals surface area (Å²) in [6.07, 6.45) is 11.7. The lowest BCUT2D eigenvalue weighted by atomic mass is 10.1. The van der Waals surface area contributed by atoms with Gasteiger partial charge in [0.25, 0.3) is 0 Å². The highest BCUT2D eigenvalue weighted by Gasteiger charge is 2.09. The van der Waals surface area contributed by atoms with Gasteiger partial charge in [-0.1, -0.05) is 62.4 Å². The molecule has 0 fully saturated rings. The Kier molecular flexibility index (Phi) is 10.3. The van der Waals surface area contributed by atoms with Crippen molar-refractivity contribution in [3.63, 3.8) is 0 Å². The highest BCUT2D eigenvalue weighted by Crippen LogP contribution is 2.25. The second-order valence-electron chi connectivity index (χ2n) is 8.39. The Bertz CT molecular complexity index is 1010. The van der Waals surface area contributed by atoms with Gasteiger partial charge in [-0.2, -0.15) is 0 Å². The van der Waals surface area contributed by atoms with E-state index in [2.05, 4.69) is 6.58 Å². The number of allylic oxidation sites excluding steroid dienone is 1. The van der Waals surface area contributed by atoms with Gasteiger partial charge in [-0.15, -0.1) is 6.58 Å². The molecular formula is C30H34O4. The van der Waals surface area contributed by atoms with Crippen molar-refractivity contribution >= 4 is 5.97 Å². The van der Waals surface area contributed by atoms with Crippen LogP contribution in [0.4, 0.5) is 0 Å². The molecule has 0 spiro atoms. The molecule has 0 unspecified atom stereocenters. The summed E-state index contributed by atoms with van der Waals surface area (Å²) in [5, 5.41) is 9.42. The van der Waals surface area contributed by atoms with E-state index in [9.17, 15) is 9.90 Å². The third kappa shape index (κ3) is 8.43. The Morgan fingerprint density at radius 2 is 1.24 bits per heavy atom. The molecule has 0 saturated carbocycles. The van der Waals surface area contributed by atoms with Gasteiger partial charge < -0.3 is 14.6 Å². The molecule has 3 aromatic carbocycles. The van der Waals surface area contributed by atoms with Crippen molar-refractivity contribution in [1.29, 1.82) is 0 Å². The van der Waals surface area contributed by atoms with Gasteiger partial charge >= 0.3 is 5.97 Å². The van der Waals surface area contributed by atoms with Crippen LogP contribution in [0.5, 0.6) is 17.2 Å². The number of benzene rings is 3. The fraction of sp³-hybridized carbons (Fsp3) is 0.300. The van der Waals surface area contributed by atoms with E-state index < -0.39 is 5.97 Å². The predicted octanol–water partition coefficient (Wildman–Crippen LogP) is 7.96. The molecule has 0 aliphatic carbocycles. The third-order valence-electron chi connectivity index (χ3n) is 5.68. The van der Waals surface area contributed by atoms with Gasteiger partial charge in [0.15, 0.2) is 0 Å². The first-order valence-corrected chi connectivity index (χ1v) is 12.1. The summed E-state index contributed by atoms with van der Waals surface area (Å²) in [6.45, 7) is 4.44. The van der Waals surface area contributed by atoms with E-state index in [-0.39, 0.29) is 5.75 Å². The Morgan fingerprint density at radius 3 is 1.85 bits per heavy atom. The normalized spacial score (nSPS) is 10.6. The van der Waals surface area contributed by atoms with Gasteiger partial charge in [0.05, 0.1) is 12.2 Å². The van der Waals surface area contributed by atoms with Crippen LogP contribution in [0, 0.1) is 0 Å². The molecule has 34 heavy (non-hydrogen) atoms. The number of esters is 1. The van der Waals surface area contributed by atoms with Crippen LogP contribution in [0.25, 0.3) is 11.1 Å². The zero-order chi connectivity index (χ0) is 24.0. The van der Waals surface area contributed by atoms with Crippen LogP contribution in [-0.4, -0.2) is 17.7 Å². The maximum absolute atomic E-state index is 12.5. The first kappa shape index (κ1) is 25.1. The molecule has 0 heterocycles. The molecule has 0 atom stereocenters. The highest BCUT2D eigenvalue weighted by molar-refractivity contribution is 5.91. The lowest BCUT2D eigenvalue weighted by Crippen LogP contribution is -2.08. The molecule has 0 aliphatic heterocycles. The van der Waals surface area contributed by atoms with E-state index in [1.165, 1.54) is 38.5 Å². The zero-order valence-corrected chi connectivity index (χ0v) is 19.7. The van der Waals surface area contributed by atoms with Crippen LogP contribution in [-0.2, 0) is 0 Å². The number of rotatable bonds is 14. The van der Waals surface area contributed by atoms with Crippen LogP contribution in [0.2, 0.25) is 0 Å². The van der Waals surface area contributed by atoms with Crippen molar-refractivity contribution in [1.82, 2.24) is 0 Å². The number of phenols is 1.